The second kappa shape index (κ2) is 27.0. The van der Waals surface area contributed by atoms with Crippen LogP contribution in [0, 0.1) is 0 Å². The lowest BCUT2D eigenvalue weighted by Crippen LogP contribution is -2.40. The molecule has 3 heterocycles. The minimum Gasteiger partial charge on any atom is -0.448 e. The molecule has 0 bridgehead atoms. The standard InChI is InChI=1S/C22H20N2O6.C22H24N2O5.C5H9ClO2.2H2S/c25-19-16-9-4-5-10-17(16)20(26)23(19)12-6-11-18-21(27)30-14-24(18)22(28)29-13-15-7-2-1-3-8-15;1-23(22(28)29-15-16-8-3-2-4-9-16)17(14-25)10-7-13-24-20(26)18-11-5-6-12-19(18)21(24)27;1-5(2,3)8-4(6)7;;/h1-5,7-10,18H,6,11-14H2;2-6,8-9,11-12,17,25H,7,10,13-15H2,1H3;1-3H3;2*1H2/t18-;17-;;;/m00.../s1. The molecule has 7 rings (SSSR count). The van der Waals surface area contributed by atoms with Crippen LogP contribution in [-0.2, 0) is 37.0 Å². The predicted octanol–water partition coefficient (Wildman–Crippen LogP) is 7.66. The molecule has 1 N–H and O–H groups in total. The minimum atomic E-state index is -0.802. The maximum atomic E-state index is 12.4. The number of imide groups is 2. The van der Waals surface area contributed by atoms with Gasteiger partial charge < -0.3 is 29.0 Å². The molecule has 4 aromatic rings. The van der Waals surface area contributed by atoms with Gasteiger partial charge in [0.1, 0.15) is 24.9 Å². The number of esters is 1. The van der Waals surface area contributed by atoms with Gasteiger partial charge >= 0.3 is 23.6 Å². The lowest BCUT2D eigenvalue weighted by atomic mass is 10.1. The van der Waals surface area contributed by atoms with Crippen LogP contribution in [0.1, 0.15) is 99.0 Å². The number of aliphatic hydroxyl groups is 1. The van der Waals surface area contributed by atoms with Crippen LogP contribution < -0.4 is 0 Å². The number of hydrogen-bond acceptors (Lipinski definition) is 13. The molecule has 0 unspecified atom stereocenters. The number of nitrogens with zero attached hydrogens (tertiary/aromatic N) is 4. The Morgan fingerprint density at radius 3 is 1.52 bits per heavy atom. The van der Waals surface area contributed by atoms with Crippen molar-refractivity contribution in [3.63, 3.8) is 0 Å². The van der Waals surface area contributed by atoms with Crippen LogP contribution in [0.15, 0.2) is 109 Å². The molecule has 1 saturated heterocycles. The van der Waals surface area contributed by atoms with Gasteiger partial charge in [0.05, 0.1) is 34.9 Å². The van der Waals surface area contributed by atoms with Gasteiger partial charge in [-0.15, -0.1) is 0 Å². The molecule has 20 heteroatoms. The van der Waals surface area contributed by atoms with E-state index in [0.717, 1.165) is 11.1 Å². The maximum Gasteiger partial charge on any atom is 0.413 e. The first-order valence-corrected chi connectivity index (χ1v) is 21.9. The van der Waals surface area contributed by atoms with Crippen LogP contribution in [0.5, 0.6) is 0 Å². The van der Waals surface area contributed by atoms with Crippen LogP contribution in [0.4, 0.5) is 14.4 Å². The first kappa shape index (κ1) is 56.9. The molecule has 69 heavy (non-hydrogen) atoms. The Kier molecular flexibility index (Phi) is 22.2. The van der Waals surface area contributed by atoms with Gasteiger partial charge in [-0.05, 0) is 81.8 Å². The number of carbonyl (C=O) groups is 8. The summed E-state index contributed by atoms with van der Waals surface area (Å²) in [6.45, 7) is 5.49. The highest BCUT2D eigenvalue weighted by Crippen LogP contribution is 2.25. The van der Waals surface area contributed by atoms with Crippen molar-refractivity contribution >= 4 is 85.8 Å². The van der Waals surface area contributed by atoms with Gasteiger partial charge in [0.15, 0.2) is 6.73 Å². The Morgan fingerprint density at radius 1 is 0.696 bits per heavy atom. The van der Waals surface area contributed by atoms with Gasteiger partial charge in [-0.25, -0.2) is 19.2 Å². The molecule has 0 radical (unpaired) electrons. The SMILES string of the molecule is CC(C)(C)OC(=O)Cl.CN(C(=O)OCc1ccccc1)[C@H](CO)CCCN1C(=O)c2ccccc2C1=O.O=C1OCN(C(=O)OCc2ccccc2)[C@H]1CCCN1C(=O)c2ccccc2C1=O.S.S. The Bertz CT molecular complexity index is 2350. The molecule has 2 atom stereocenters. The first-order chi connectivity index (χ1) is 32.0. The average molecular weight is 1010 g/mol. The number of fused-ring (bicyclic) bond motifs is 2. The van der Waals surface area contributed by atoms with Crippen molar-refractivity contribution in [3.05, 3.63) is 143 Å². The lowest BCUT2D eigenvalue weighted by Gasteiger charge is -2.26. The summed E-state index contributed by atoms with van der Waals surface area (Å²) in [5, 5.41) is 9.67. The lowest BCUT2D eigenvalue weighted by molar-refractivity contribution is -0.139. The number of likely N-dealkylation sites (N-methyl/N-ethyl adjacent to an activating group) is 1. The topological polar surface area (TPSA) is 207 Å². The van der Waals surface area contributed by atoms with Gasteiger partial charge in [-0.2, -0.15) is 27.0 Å². The smallest absolute Gasteiger partial charge is 0.413 e. The zero-order chi connectivity index (χ0) is 48.7. The van der Waals surface area contributed by atoms with E-state index in [1.54, 1.807) is 76.3 Å². The van der Waals surface area contributed by atoms with Crippen LogP contribution in [0.2, 0.25) is 0 Å². The minimum absolute atomic E-state index is 0. The number of aliphatic hydroxyl groups excluding tert-OH is 1. The number of amides is 6. The highest BCUT2D eigenvalue weighted by atomic mass is 35.5. The third kappa shape index (κ3) is 15.8. The van der Waals surface area contributed by atoms with Crippen molar-refractivity contribution in [3.8, 4) is 0 Å². The molecule has 4 aromatic carbocycles. The quantitative estimate of drug-likeness (QED) is 0.0558. The number of rotatable bonds is 14. The van der Waals surface area contributed by atoms with Crippen molar-refractivity contribution in [2.75, 3.05) is 33.5 Å². The normalized spacial score (nSPS) is 14.9. The summed E-state index contributed by atoms with van der Waals surface area (Å²) < 4.78 is 20.1. The molecule has 0 aliphatic carbocycles. The van der Waals surface area contributed by atoms with E-state index in [2.05, 4.69) is 4.74 Å². The molecular formula is C49H57ClN4O13S2. The Morgan fingerprint density at radius 2 is 1.12 bits per heavy atom. The second-order valence-corrected chi connectivity index (χ2v) is 16.8. The highest BCUT2D eigenvalue weighted by molar-refractivity contribution is 7.59. The Labute approximate surface area is 419 Å². The van der Waals surface area contributed by atoms with Crippen molar-refractivity contribution in [1.82, 2.24) is 19.6 Å². The molecular weight excluding hydrogens is 952 g/mol. The number of cyclic esters (lactones) is 1. The molecule has 3 aliphatic rings. The van der Waals surface area contributed by atoms with E-state index in [4.69, 9.17) is 25.8 Å². The molecule has 1 fully saturated rings. The third-order valence-electron chi connectivity index (χ3n) is 10.6. The van der Waals surface area contributed by atoms with Crippen molar-refractivity contribution in [1.29, 1.82) is 0 Å². The monoisotopic (exact) mass is 1010 g/mol. The zero-order valence-electron chi connectivity index (χ0n) is 38.6. The van der Waals surface area contributed by atoms with Crippen LogP contribution in [0.3, 0.4) is 0 Å². The predicted molar refractivity (Wildman–Crippen MR) is 263 cm³/mol. The number of halogens is 1. The van der Waals surface area contributed by atoms with Gasteiger partial charge in [-0.1, -0.05) is 84.9 Å². The van der Waals surface area contributed by atoms with Gasteiger partial charge in [0.2, 0.25) is 0 Å². The number of benzene rings is 4. The molecule has 3 aliphatic heterocycles. The summed E-state index contributed by atoms with van der Waals surface area (Å²) >= 11 is 4.90. The van der Waals surface area contributed by atoms with E-state index in [1.807, 2.05) is 60.7 Å². The fraction of sp³-hybridized carbons (Fsp3) is 0.347. The van der Waals surface area contributed by atoms with E-state index >= 15 is 0 Å². The average Bonchev–Trinajstić information content (AvgIpc) is 3.89. The van der Waals surface area contributed by atoms with E-state index < -0.39 is 41.3 Å². The van der Waals surface area contributed by atoms with Crippen LogP contribution in [-0.4, -0.2) is 123 Å². The van der Waals surface area contributed by atoms with E-state index in [1.165, 1.54) is 19.6 Å². The second-order valence-electron chi connectivity index (χ2n) is 16.5. The summed E-state index contributed by atoms with van der Waals surface area (Å²) in [6.07, 6.45) is 0.331. The van der Waals surface area contributed by atoms with E-state index in [0.29, 0.717) is 41.5 Å². The number of ether oxygens (including phenoxy) is 4. The molecule has 0 saturated carbocycles. The van der Waals surface area contributed by atoms with Gasteiger partial charge in [-0.3, -0.25) is 33.9 Å². The van der Waals surface area contributed by atoms with Crippen LogP contribution >= 0.6 is 38.6 Å². The first-order valence-electron chi connectivity index (χ1n) is 21.5. The number of hydrogen-bond donors (Lipinski definition) is 1. The fourth-order valence-electron chi connectivity index (χ4n) is 7.13. The third-order valence-corrected chi connectivity index (χ3v) is 10.7. The highest BCUT2D eigenvalue weighted by Gasteiger charge is 2.40. The summed E-state index contributed by atoms with van der Waals surface area (Å²) in [6, 6.07) is 30.7. The van der Waals surface area contributed by atoms with E-state index in [9.17, 15) is 43.5 Å². The molecule has 0 aromatic heterocycles. The van der Waals surface area contributed by atoms with Gasteiger partial charge in [0.25, 0.3) is 23.6 Å². The van der Waals surface area contributed by atoms with Crippen molar-refractivity contribution < 1.29 is 62.4 Å². The molecule has 6 amide bonds. The number of carbonyl (C=O) groups excluding carboxylic acids is 8. The molecule has 17 nitrogen and oxygen atoms in total. The fourth-order valence-corrected chi connectivity index (χ4v) is 7.36. The maximum absolute atomic E-state index is 12.4. The van der Waals surface area contributed by atoms with Gasteiger partial charge in [0, 0.05) is 31.7 Å². The Balaban J connectivity index is 0.000000308. The van der Waals surface area contributed by atoms with Crippen LogP contribution in [0.25, 0.3) is 0 Å². The summed E-state index contributed by atoms with van der Waals surface area (Å²) in [5.41, 5.74) is 2.09. The molecule has 0 spiro atoms. The largest absolute Gasteiger partial charge is 0.448 e. The zero-order valence-corrected chi connectivity index (χ0v) is 41.4. The Hall–Kier alpha value is -6.41. The summed E-state index contributed by atoms with van der Waals surface area (Å²) in [5.74, 6) is -1.81. The van der Waals surface area contributed by atoms with Crippen molar-refractivity contribution in [2.24, 2.45) is 0 Å². The van der Waals surface area contributed by atoms with E-state index in [-0.39, 0.29) is 96.7 Å². The van der Waals surface area contributed by atoms with Crippen molar-refractivity contribution in [2.45, 2.75) is 77.4 Å². The summed E-state index contributed by atoms with van der Waals surface area (Å²) in [7, 11) is 1.57. The summed E-state index contributed by atoms with van der Waals surface area (Å²) in [4.78, 5) is 101. The molecule has 370 valence electrons.